The Morgan fingerprint density at radius 2 is 1.95 bits per heavy atom. The number of fused-ring (bicyclic) bond motifs is 5. The number of nitro groups is 1. The Kier molecular flexibility index (Phi) is 2.35. The van der Waals surface area contributed by atoms with Crippen LogP contribution in [0.5, 0.6) is 0 Å². The van der Waals surface area contributed by atoms with Crippen LogP contribution in [0, 0.1) is 22.0 Å². The van der Waals surface area contributed by atoms with Crippen molar-refractivity contribution in [3.8, 4) is 0 Å². The van der Waals surface area contributed by atoms with Gasteiger partial charge in [-0.3, -0.25) is 10.1 Å². The summed E-state index contributed by atoms with van der Waals surface area (Å²) in [6.45, 7) is 0. The van der Waals surface area contributed by atoms with Crippen molar-refractivity contribution >= 4 is 11.4 Å². The molecule has 7 nitrogen and oxygen atoms in total. The minimum atomic E-state index is -0.417. The van der Waals surface area contributed by atoms with Crippen LogP contribution >= 0.6 is 0 Å². The van der Waals surface area contributed by atoms with Gasteiger partial charge in [0.15, 0.2) is 0 Å². The number of non-ortho nitro benzene ring substituents is 1. The molecule has 2 saturated carbocycles. The summed E-state index contributed by atoms with van der Waals surface area (Å²) in [6.07, 6.45) is 1.73. The number of rotatable bonds is 2. The maximum absolute atomic E-state index is 10.7. The molecular weight excluding hydrogens is 260 g/mol. The van der Waals surface area contributed by atoms with Gasteiger partial charge >= 0.3 is 0 Å². The number of hydrogen-bond donors (Lipinski definition) is 1. The Hall–Kier alpha value is -2.02. The van der Waals surface area contributed by atoms with Crippen molar-refractivity contribution in [1.29, 1.82) is 0 Å². The van der Waals surface area contributed by atoms with Crippen LogP contribution in [0.3, 0.4) is 0 Å². The van der Waals surface area contributed by atoms with Crippen LogP contribution in [0.25, 0.3) is 0 Å². The monoisotopic (exact) mass is 274 g/mol. The highest BCUT2D eigenvalue weighted by Crippen LogP contribution is 2.51. The Morgan fingerprint density at radius 3 is 2.65 bits per heavy atom. The summed E-state index contributed by atoms with van der Waals surface area (Å²) in [4.78, 5) is 10.3. The number of nitrogens with zero attached hydrogens (tertiary/aromatic N) is 4. The molecule has 0 saturated heterocycles. The summed E-state index contributed by atoms with van der Waals surface area (Å²) >= 11 is 0. The number of hydrogen-bond acceptors (Lipinski definition) is 6. The fourth-order valence-electron chi connectivity index (χ4n) is 3.90. The van der Waals surface area contributed by atoms with Crippen LogP contribution in [0.1, 0.15) is 12.8 Å². The Balaban J connectivity index is 1.64. The number of aliphatic hydroxyl groups is 1. The molecular formula is C13H14N4O3. The van der Waals surface area contributed by atoms with Crippen molar-refractivity contribution in [2.45, 2.75) is 31.0 Å². The van der Waals surface area contributed by atoms with Gasteiger partial charge in [0.05, 0.1) is 22.8 Å². The van der Waals surface area contributed by atoms with Crippen LogP contribution in [-0.4, -0.2) is 28.2 Å². The van der Waals surface area contributed by atoms with Gasteiger partial charge in [-0.05, 0) is 25.0 Å². The zero-order valence-corrected chi connectivity index (χ0v) is 10.7. The predicted molar refractivity (Wildman–Crippen MR) is 70.2 cm³/mol. The van der Waals surface area contributed by atoms with E-state index >= 15 is 0 Å². The molecule has 5 atom stereocenters. The fraction of sp³-hybridized carbons (Fsp3) is 0.538. The molecule has 0 aromatic heterocycles. The average molecular weight is 274 g/mol. The number of nitro benzene ring substituents is 1. The van der Waals surface area contributed by atoms with E-state index in [9.17, 15) is 15.2 Å². The molecule has 1 aromatic rings. The van der Waals surface area contributed by atoms with E-state index in [0.29, 0.717) is 0 Å². The summed E-state index contributed by atoms with van der Waals surface area (Å²) in [5.74, 6) is 0.423. The van der Waals surface area contributed by atoms with Gasteiger partial charge in [0.1, 0.15) is 6.04 Å². The van der Waals surface area contributed by atoms with Crippen molar-refractivity contribution in [2.75, 3.05) is 5.01 Å². The second kappa shape index (κ2) is 3.99. The SMILES string of the molecule is O=[N+]([O-])c1ccc(N2N=NC3C4CCC(C4O)C32)cc1. The molecule has 0 amide bonds. The molecule has 3 aliphatic rings. The molecule has 2 aliphatic carbocycles. The van der Waals surface area contributed by atoms with Crippen LogP contribution in [0.4, 0.5) is 11.4 Å². The third-order valence-corrected chi connectivity index (χ3v) is 4.83. The summed E-state index contributed by atoms with van der Waals surface area (Å²) in [5.41, 5.74) is 0.862. The molecule has 7 heteroatoms. The summed E-state index contributed by atoms with van der Waals surface area (Å²) in [5, 5.41) is 31.2. The second-order valence-electron chi connectivity index (χ2n) is 5.70. The lowest BCUT2D eigenvalue weighted by Gasteiger charge is -2.28. The molecule has 2 bridgehead atoms. The molecule has 0 spiro atoms. The van der Waals surface area contributed by atoms with Crippen LogP contribution in [0.15, 0.2) is 34.6 Å². The topological polar surface area (TPSA) is 91.3 Å². The summed E-state index contributed by atoms with van der Waals surface area (Å²) in [6, 6.07) is 6.50. The van der Waals surface area contributed by atoms with E-state index in [1.807, 2.05) is 5.01 Å². The normalized spacial score (nSPS) is 37.5. The van der Waals surface area contributed by atoms with E-state index in [-0.39, 0.29) is 35.7 Å². The summed E-state index contributed by atoms with van der Waals surface area (Å²) in [7, 11) is 0. The maximum atomic E-state index is 10.7. The third kappa shape index (κ3) is 1.44. The van der Waals surface area contributed by atoms with E-state index in [0.717, 1.165) is 18.5 Å². The van der Waals surface area contributed by atoms with Crippen molar-refractivity contribution in [1.82, 2.24) is 0 Å². The largest absolute Gasteiger partial charge is 0.392 e. The molecule has 104 valence electrons. The maximum Gasteiger partial charge on any atom is 0.269 e. The number of benzene rings is 1. The first-order chi connectivity index (χ1) is 9.66. The number of aliphatic hydroxyl groups excluding tert-OH is 1. The van der Waals surface area contributed by atoms with Gasteiger partial charge in [-0.1, -0.05) is 5.22 Å². The van der Waals surface area contributed by atoms with E-state index in [4.69, 9.17) is 0 Å². The standard InChI is InChI=1S/C13H14N4O3/c18-13-9-5-6-10(13)12-11(9)14-15-16(12)7-1-3-8(4-2-7)17(19)20/h1-4,9-13,18H,5-6H2. The van der Waals surface area contributed by atoms with Crippen LogP contribution in [0.2, 0.25) is 0 Å². The minimum absolute atomic E-state index is 0.0643. The van der Waals surface area contributed by atoms with Crippen molar-refractivity contribution in [3.05, 3.63) is 34.4 Å². The fourth-order valence-corrected chi connectivity index (χ4v) is 3.90. The Labute approximate surface area is 115 Å². The van der Waals surface area contributed by atoms with Gasteiger partial charge in [0.2, 0.25) is 0 Å². The van der Waals surface area contributed by atoms with Gasteiger partial charge in [-0.2, -0.15) is 5.11 Å². The highest BCUT2D eigenvalue weighted by molar-refractivity contribution is 5.52. The zero-order valence-electron chi connectivity index (χ0n) is 10.7. The summed E-state index contributed by atoms with van der Waals surface area (Å²) < 4.78 is 0. The lowest BCUT2D eigenvalue weighted by molar-refractivity contribution is -0.384. The molecule has 2 fully saturated rings. The minimum Gasteiger partial charge on any atom is -0.392 e. The second-order valence-corrected chi connectivity index (χ2v) is 5.70. The Bertz CT molecular complexity index is 588. The predicted octanol–water partition coefficient (Wildman–Crippen LogP) is 1.92. The van der Waals surface area contributed by atoms with E-state index < -0.39 is 4.92 Å². The molecule has 1 aliphatic heterocycles. The lowest BCUT2D eigenvalue weighted by Crippen LogP contribution is -2.39. The quantitative estimate of drug-likeness (QED) is 0.658. The van der Waals surface area contributed by atoms with Gasteiger partial charge in [-0.15, -0.1) is 0 Å². The third-order valence-electron chi connectivity index (χ3n) is 4.83. The molecule has 4 rings (SSSR count). The molecule has 0 radical (unpaired) electrons. The first kappa shape index (κ1) is 11.8. The average Bonchev–Trinajstić information content (AvgIpc) is 3.10. The highest BCUT2D eigenvalue weighted by atomic mass is 16.6. The van der Waals surface area contributed by atoms with Crippen molar-refractivity contribution < 1.29 is 10.0 Å². The first-order valence-corrected chi connectivity index (χ1v) is 6.79. The van der Waals surface area contributed by atoms with Crippen molar-refractivity contribution in [3.63, 3.8) is 0 Å². The van der Waals surface area contributed by atoms with Crippen LogP contribution in [-0.2, 0) is 0 Å². The molecule has 5 unspecified atom stereocenters. The van der Waals surface area contributed by atoms with E-state index in [1.165, 1.54) is 12.1 Å². The van der Waals surface area contributed by atoms with E-state index in [1.54, 1.807) is 12.1 Å². The highest BCUT2D eigenvalue weighted by Gasteiger charge is 2.59. The number of anilines is 1. The lowest BCUT2D eigenvalue weighted by atomic mass is 9.91. The van der Waals surface area contributed by atoms with E-state index in [2.05, 4.69) is 10.3 Å². The zero-order chi connectivity index (χ0) is 13.9. The van der Waals surface area contributed by atoms with Gasteiger partial charge in [0.25, 0.3) is 5.69 Å². The molecule has 1 aromatic carbocycles. The smallest absolute Gasteiger partial charge is 0.269 e. The van der Waals surface area contributed by atoms with Gasteiger partial charge in [-0.25, -0.2) is 5.01 Å². The molecule has 1 N–H and O–H groups in total. The van der Waals surface area contributed by atoms with Crippen LogP contribution < -0.4 is 5.01 Å². The Morgan fingerprint density at radius 1 is 1.25 bits per heavy atom. The molecule has 1 heterocycles. The van der Waals surface area contributed by atoms with Gasteiger partial charge < -0.3 is 5.11 Å². The first-order valence-electron chi connectivity index (χ1n) is 6.79. The van der Waals surface area contributed by atoms with Crippen molar-refractivity contribution in [2.24, 2.45) is 22.2 Å². The van der Waals surface area contributed by atoms with Gasteiger partial charge in [0, 0.05) is 24.0 Å². The molecule has 20 heavy (non-hydrogen) atoms.